The largest absolute Gasteiger partial charge is 0.391 e. The number of aliphatic hydroxyl groups excluding tert-OH is 1. The number of nitrogens with zero attached hydrogens (tertiary/aromatic N) is 1. The Morgan fingerprint density at radius 1 is 1.09 bits per heavy atom. The van der Waals surface area contributed by atoms with Crippen LogP contribution in [0.5, 0.6) is 0 Å². The first-order chi connectivity index (χ1) is 11.2. The average Bonchev–Trinajstić information content (AvgIpc) is 3.08. The molecule has 23 heavy (non-hydrogen) atoms. The fraction of sp³-hybridized carbons (Fsp3) is 0.944. The third kappa shape index (κ3) is 4.91. The van der Waals surface area contributed by atoms with Crippen molar-refractivity contribution in [1.29, 1.82) is 0 Å². The summed E-state index contributed by atoms with van der Waals surface area (Å²) >= 11 is 0. The average molecular weight is 324 g/mol. The zero-order chi connectivity index (χ0) is 16.1. The fourth-order valence-corrected chi connectivity index (χ4v) is 4.36. The number of carbonyl (C=O) groups excluding carboxylic acids is 1. The summed E-state index contributed by atoms with van der Waals surface area (Å²) in [6.45, 7) is 2.86. The second kappa shape index (κ2) is 8.45. The molecule has 3 unspecified atom stereocenters. The van der Waals surface area contributed by atoms with Gasteiger partial charge in [-0.25, -0.2) is 0 Å². The number of piperidine rings is 1. The van der Waals surface area contributed by atoms with Gasteiger partial charge in [-0.05, 0) is 44.9 Å². The first-order valence-corrected chi connectivity index (χ1v) is 9.55. The molecule has 2 heterocycles. The van der Waals surface area contributed by atoms with Gasteiger partial charge in [0.25, 0.3) is 0 Å². The van der Waals surface area contributed by atoms with Crippen molar-refractivity contribution in [2.75, 3.05) is 19.7 Å². The zero-order valence-corrected chi connectivity index (χ0v) is 14.2. The summed E-state index contributed by atoms with van der Waals surface area (Å²) in [4.78, 5) is 14.5. The van der Waals surface area contributed by atoms with Crippen molar-refractivity contribution < 1.29 is 14.6 Å². The van der Waals surface area contributed by atoms with E-state index in [1.807, 2.05) is 0 Å². The van der Waals surface area contributed by atoms with Crippen molar-refractivity contribution in [3.63, 3.8) is 0 Å². The highest BCUT2D eigenvalue weighted by molar-refractivity contribution is 5.76. The van der Waals surface area contributed by atoms with Crippen LogP contribution in [-0.4, -0.2) is 59.9 Å². The summed E-state index contributed by atoms with van der Waals surface area (Å²) in [6.07, 6.45) is 10.3. The summed E-state index contributed by atoms with van der Waals surface area (Å²) < 4.78 is 5.57. The number of amides is 1. The quantitative estimate of drug-likeness (QED) is 0.810. The summed E-state index contributed by atoms with van der Waals surface area (Å²) in [6, 6.07) is 0.656. The Hall–Kier alpha value is -0.650. The molecule has 5 nitrogen and oxygen atoms in total. The molecular weight excluding hydrogens is 292 g/mol. The molecule has 2 aliphatic heterocycles. The van der Waals surface area contributed by atoms with Crippen molar-refractivity contribution in [2.45, 2.75) is 88.5 Å². The lowest BCUT2D eigenvalue weighted by Gasteiger charge is -2.41. The molecule has 3 fully saturated rings. The van der Waals surface area contributed by atoms with E-state index in [0.717, 1.165) is 71.1 Å². The third-order valence-electron chi connectivity index (χ3n) is 5.77. The molecule has 1 saturated carbocycles. The summed E-state index contributed by atoms with van der Waals surface area (Å²) in [5.41, 5.74) is 0. The van der Waals surface area contributed by atoms with Gasteiger partial charge < -0.3 is 15.2 Å². The van der Waals surface area contributed by atoms with Crippen LogP contribution in [0.4, 0.5) is 0 Å². The van der Waals surface area contributed by atoms with Crippen LogP contribution in [0, 0.1) is 0 Å². The van der Waals surface area contributed by atoms with Crippen LogP contribution in [0.3, 0.4) is 0 Å². The number of rotatable bonds is 5. The maximum atomic E-state index is 12.1. The lowest BCUT2D eigenvalue weighted by Crippen LogP contribution is -2.52. The van der Waals surface area contributed by atoms with Gasteiger partial charge in [-0.15, -0.1) is 0 Å². The molecule has 2 N–H and O–H groups in total. The molecule has 0 radical (unpaired) electrons. The monoisotopic (exact) mass is 324 g/mol. The van der Waals surface area contributed by atoms with Gasteiger partial charge in [0, 0.05) is 38.2 Å². The topological polar surface area (TPSA) is 61.8 Å². The molecule has 0 aromatic carbocycles. The van der Waals surface area contributed by atoms with Crippen LogP contribution in [0.15, 0.2) is 0 Å². The smallest absolute Gasteiger partial charge is 0.220 e. The van der Waals surface area contributed by atoms with Crippen LogP contribution in [-0.2, 0) is 9.53 Å². The number of ether oxygens (including phenoxy) is 1. The highest BCUT2D eigenvalue weighted by Gasteiger charge is 2.31. The lowest BCUT2D eigenvalue weighted by molar-refractivity contribution is -0.122. The minimum absolute atomic E-state index is 0.152. The van der Waals surface area contributed by atoms with Gasteiger partial charge in [0.2, 0.25) is 5.91 Å². The predicted octanol–water partition coefficient (Wildman–Crippen LogP) is 1.83. The molecule has 3 rings (SSSR count). The second-order valence-corrected chi connectivity index (χ2v) is 7.47. The number of hydrogen-bond acceptors (Lipinski definition) is 4. The Morgan fingerprint density at radius 3 is 2.57 bits per heavy atom. The Morgan fingerprint density at radius 2 is 1.87 bits per heavy atom. The van der Waals surface area contributed by atoms with E-state index in [2.05, 4.69) is 10.2 Å². The van der Waals surface area contributed by atoms with Crippen LogP contribution in [0.1, 0.15) is 64.2 Å². The van der Waals surface area contributed by atoms with Crippen LogP contribution >= 0.6 is 0 Å². The Labute approximate surface area is 139 Å². The van der Waals surface area contributed by atoms with E-state index in [4.69, 9.17) is 4.74 Å². The first-order valence-electron chi connectivity index (χ1n) is 9.55. The molecule has 132 valence electrons. The zero-order valence-electron chi connectivity index (χ0n) is 14.2. The van der Waals surface area contributed by atoms with Gasteiger partial charge in [0.15, 0.2) is 0 Å². The molecule has 0 bridgehead atoms. The van der Waals surface area contributed by atoms with Gasteiger partial charge in [-0.2, -0.15) is 0 Å². The summed E-state index contributed by atoms with van der Waals surface area (Å²) in [5.74, 6) is 0.177. The van der Waals surface area contributed by atoms with E-state index in [9.17, 15) is 9.90 Å². The SMILES string of the molecule is O=C(CCC1CCCO1)NC1CCN(C2CCCCC2O)CC1. The van der Waals surface area contributed by atoms with Crippen molar-refractivity contribution in [3.8, 4) is 0 Å². The molecule has 0 aromatic rings. The molecule has 1 aliphatic carbocycles. The van der Waals surface area contributed by atoms with E-state index >= 15 is 0 Å². The maximum absolute atomic E-state index is 12.1. The highest BCUT2D eigenvalue weighted by atomic mass is 16.5. The summed E-state index contributed by atoms with van der Waals surface area (Å²) in [7, 11) is 0. The lowest BCUT2D eigenvalue weighted by atomic mass is 9.89. The number of carbonyl (C=O) groups is 1. The van der Waals surface area contributed by atoms with Gasteiger partial charge in [-0.3, -0.25) is 9.69 Å². The Balaban J connectivity index is 1.34. The van der Waals surface area contributed by atoms with Crippen LogP contribution in [0.25, 0.3) is 0 Å². The standard InChI is InChI=1S/C18H32N2O3/c21-17-6-2-1-5-16(17)20-11-9-14(10-12-20)19-18(22)8-7-15-4-3-13-23-15/h14-17,21H,1-13H2,(H,19,22). The molecule has 5 heteroatoms. The highest BCUT2D eigenvalue weighted by Crippen LogP contribution is 2.26. The molecule has 3 atom stereocenters. The molecule has 0 spiro atoms. The molecule has 1 amide bonds. The van der Waals surface area contributed by atoms with E-state index in [-0.39, 0.29) is 12.0 Å². The normalized spacial score (nSPS) is 33.7. The third-order valence-corrected chi connectivity index (χ3v) is 5.77. The van der Waals surface area contributed by atoms with E-state index in [1.54, 1.807) is 0 Å². The minimum atomic E-state index is -0.152. The van der Waals surface area contributed by atoms with E-state index in [0.29, 0.717) is 24.6 Å². The number of hydrogen-bond donors (Lipinski definition) is 2. The second-order valence-electron chi connectivity index (χ2n) is 7.47. The predicted molar refractivity (Wildman–Crippen MR) is 89.2 cm³/mol. The Bertz CT molecular complexity index is 376. The van der Waals surface area contributed by atoms with Crippen molar-refractivity contribution in [2.24, 2.45) is 0 Å². The first kappa shape index (κ1) is 17.2. The van der Waals surface area contributed by atoms with Crippen LogP contribution < -0.4 is 5.32 Å². The van der Waals surface area contributed by atoms with Gasteiger partial charge in [-0.1, -0.05) is 12.8 Å². The number of nitrogens with one attached hydrogen (secondary N) is 1. The summed E-state index contributed by atoms with van der Waals surface area (Å²) in [5, 5.41) is 13.4. The number of aliphatic hydroxyl groups is 1. The van der Waals surface area contributed by atoms with Gasteiger partial charge >= 0.3 is 0 Å². The minimum Gasteiger partial charge on any atom is -0.391 e. The fourth-order valence-electron chi connectivity index (χ4n) is 4.36. The Kier molecular flexibility index (Phi) is 6.31. The van der Waals surface area contributed by atoms with Gasteiger partial charge in [0.05, 0.1) is 12.2 Å². The van der Waals surface area contributed by atoms with Crippen molar-refractivity contribution in [3.05, 3.63) is 0 Å². The number of likely N-dealkylation sites (tertiary alicyclic amines) is 1. The van der Waals surface area contributed by atoms with Crippen molar-refractivity contribution >= 4 is 5.91 Å². The molecule has 2 saturated heterocycles. The van der Waals surface area contributed by atoms with Crippen LogP contribution in [0.2, 0.25) is 0 Å². The van der Waals surface area contributed by atoms with E-state index < -0.39 is 0 Å². The van der Waals surface area contributed by atoms with Crippen molar-refractivity contribution in [1.82, 2.24) is 10.2 Å². The van der Waals surface area contributed by atoms with E-state index in [1.165, 1.54) is 6.42 Å². The molecular formula is C18H32N2O3. The molecule has 3 aliphatic rings. The maximum Gasteiger partial charge on any atom is 0.220 e. The molecule has 0 aromatic heterocycles. The van der Waals surface area contributed by atoms with Gasteiger partial charge in [0.1, 0.15) is 0 Å².